The van der Waals surface area contributed by atoms with E-state index >= 15 is 0 Å². The molecular formula is C12H16ClNO2S. The number of rotatable bonds is 4. The van der Waals surface area contributed by atoms with Gasteiger partial charge in [-0.25, -0.2) is 8.42 Å². The van der Waals surface area contributed by atoms with Crippen molar-refractivity contribution in [2.24, 2.45) is 0 Å². The fourth-order valence-corrected chi connectivity index (χ4v) is 3.94. The van der Waals surface area contributed by atoms with E-state index in [1.54, 1.807) is 24.3 Å². The Kier molecular flexibility index (Phi) is 4.07. The minimum absolute atomic E-state index is 0.0996. The Morgan fingerprint density at radius 1 is 1.29 bits per heavy atom. The molecule has 1 fully saturated rings. The van der Waals surface area contributed by atoms with Crippen LogP contribution in [0.15, 0.2) is 24.3 Å². The second kappa shape index (κ2) is 5.38. The lowest BCUT2D eigenvalue weighted by Gasteiger charge is -2.10. The van der Waals surface area contributed by atoms with E-state index in [2.05, 4.69) is 5.32 Å². The van der Waals surface area contributed by atoms with Crippen molar-refractivity contribution < 1.29 is 8.42 Å². The van der Waals surface area contributed by atoms with Crippen molar-refractivity contribution in [1.82, 2.24) is 5.32 Å². The van der Waals surface area contributed by atoms with Gasteiger partial charge < -0.3 is 5.32 Å². The van der Waals surface area contributed by atoms with Gasteiger partial charge in [-0.3, -0.25) is 0 Å². The van der Waals surface area contributed by atoms with E-state index in [-0.39, 0.29) is 17.5 Å². The van der Waals surface area contributed by atoms with E-state index < -0.39 is 9.84 Å². The van der Waals surface area contributed by atoms with Gasteiger partial charge >= 0.3 is 0 Å². The zero-order valence-corrected chi connectivity index (χ0v) is 11.1. The maximum Gasteiger partial charge on any atom is 0.155 e. The molecule has 1 saturated heterocycles. The smallest absolute Gasteiger partial charge is 0.155 e. The lowest BCUT2D eigenvalue weighted by atomic mass is 10.2. The first kappa shape index (κ1) is 12.9. The molecule has 17 heavy (non-hydrogen) atoms. The van der Waals surface area contributed by atoms with Crippen LogP contribution >= 0.6 is 11.6 Å². The topological polar surface area (TPSA) is 46.2 Å². The summed E-state index contributed by atoms with van der Waals surface area (Å²) in [7, 11) is -3.04. The first-order valence-electron chi connectivity index (χ1n) is 5.73. The molecule has 0 amide bonds. The molecule has 0 spiro atoms. The van der Waals surface area contributed by atoms with Gasteiger partial charge in [0.15, 0.2) is 9.84 Å². The molecule has 1 aromatic carbocycles. The summed E-state index contributed by atoms with van der Waals surface area (Å²) in [6, 6.07) is 7.11. The Hall–Kier alpha value is -0.580. The van der Waals surface area contributed by atoms with Crippen LogP contribution in [0, 0.1) is 0 Å². The average Bonchev–Trinajstić information content (AvgIpc) is 2.73. The lowest BCUT2D eigenvalue weighted by molar-refractivity contribution is 0.576. The summed E-state index contributed by atoms with van der Waals surface area (Å²) in [5.74, 6) is 0.331. The molecule has 0 radical (unpaired) electrons. The van der Waals surface area contributed by atoms with Crippen LogP contribution < -0.4 is 5.32 Å². The van der Waals surface area contributed by atoms with Gasteiger partial charge in [-0.15, -0.1) is 0 Å². The third kappa shape index (κ3) is 3.98. The summed E-state index contributed by atoms with van der Waals surface area (Å²) in [5.41, 5.74) is 0.799. The molecule has 3 nitrogen and oxygen atoms in total. The fourth-order valence-electron chi connectivity index (χ4n) is 2.10. The van der Waals surface area contributed by atoms with Gasteiger partial charge in [0.2, 0.25) is 0 Å². The summed E-state index contributed by atoms with van der Waals surface area (Å²) in [4.78, 5) is 0. The van der Waals surface area contributed by atoms with Gasteiger partial charge in [-0.2, -0.15) is 0 Å². The van der Waals surface area contributed by atoms with Crippen molar-refractivity contribution in [3.05, 3.63) is 34.9 Å². The van der Waals surface area contributed by atoms with Crippen LogP contribution in [0.25, 0.3) is 0 Å². The van der Waals surface area contributed by atoms with Gasteiger partial charge in [-0.05, 0) is 37.1 Å². The molecule has 94 valence electrons. The molecule has 1 aliphatic rings. The van der Waals surface area contributed by atoms with Crippen LogP contribution in [-0.2, 0) is 15.6 Å². The predicted molar refractivity (Wildman–Crippen MR) is 70.0 cm³/mol. The molecule has 1 atom stereocenters. The number of halogens is 1. The number of sulfone groups is 1. The molecule has 1 unspecified atom stereocenters. The first-order valence-corrected chi connectivity index (χ1v) is 7.93. The van der Waals surface area contributed by atoms with E-state index in [1.807, 2.05) is 0 Å². The maximum atomic E-state index is 12.0. The zero-order valence-electron chi connectivity index (χ0n) is 9.52. The van der Waals surface area contributed by atoms with Crippen LogP contribution in [0.5, 0.6) is 0 Å². The highest BCUT2D eigenvalue weighted by molar-refractivity contribution is 7.90. The first-order chi connectivity index (χ1) is 8.05. The highest BCUT2D eigenvalue weighted by Gasteiger charge is 2.22. The SMILES string of the molecule is O=S(=O)(Cc1ccc(Cl)cc1)CC1CCCN1. The summed E-state index contributed by atoms with van der Waals surface area (Å²) < 4.78 is 23.9. The van der Waals surface area contributed by atoms with Gasteiger partial charge in [0.1, 0.15) is 0 Å². The molecule has 0 aliphatic carbocycles. The Morgan fingerprint density at radius 3 is 2.59 bits per heavy atom. The van der Waals surface area contributed by atoms with Crippen molar-refractivity contribution in [2.75, 3.05) is 12.3 Å². The van der Waals surface area contributed by atoms with Crippen molar-refractivity contribution in [1.29, 1.82) is 0 Å². The van der Waals surface area contributed by atoms with Crippen LogP contribution in [0.3, 0.4) is 0 Å². The lowest BCUT2D eigenvalue weighted by Crippen LogP contribution is -2.30. The number of nitrogens with one attached hydrogen (secondary N) is 1. The second-order valence-electron chi connectivity index (χ2n) is 4.47. The van der Waals surface area contributed by atoms with Crippen LogP contribution in [-0.4, -0.2) is 26.8 Å². The van der Waals surface area contributed by atoms with Crippen LogP contribution in [0.4, 0.5) is 0 Å². The normalized spacial score (nSPS) is 20.6. The standard InChI is InChI=1S/C12H16ClNO2S/c13-11-5-3-10(4-6-11)8-17(15,16)9-12-2-1-7-14-12/h3-6,12,14H,1-2,7-9H2. The molecule has 1 aromatic rings. The molecule has 1 aliphatic heterocycles. The fraction of sp³-hybridized carbons (Fsp3) is 0.500. The van der Waals surface area contributed by atoms with Gasteiger partial charge in [-0.1, -0.05) is 23.7 Å². The average molecular weight is 274 g/mol. The van der Waals surface area contributed by atoms with E-state index in [1.165, 1.54) is 0 Å². The quantitative estimate of drug-likeness (QED) is 0.913. The Balaban J connectivity index is 1.98. The van der Waals surface area contributed by atoms with Crippen LogP contribution in [0.2, 0.25) is 5.02 Å². The summed E-state index contributed by atoms with van der Waals surface area (Å²) in [6.45, 7) is 0.932. The largest absolute Gasteiger partial charge is 0.313 e. The van der Waals surface area contributed by atoms with Gasteiger partial charge in [0.05, 0.1) is 11.5 Å². The van der Waals surface area contributed by atoms with Crippen molar-refractivity contribution >= 4 is 21.4 Å². The molecule has 5 heteroatoms. The Bertz CT molecular complexity index is 464. The minimum Gasteiger partial charge on any atom is -0.313 e. The van der Waals surface area contributed by atoms with E-state index in [0.29, 0.717) is 5.02 Å². The molecule has 2 rings (SSSR count). The van der Waals surface area contributed by atoms with Crippen molar-refractivity contribution in [3.63, 3.8) is 0 Å². The summed E-state index contributed by atoms with van der Waals surface area (Å²) in [6.07, 6.45) is 2.03. The number of hydrogen-bond donors (Lipinski definition) is 1. The zero-order chi connectivity index (χ0) is 12.3. The predicted octanol–water partition coefficient (Wildman–Crippen LogP) is 2.01. The molecule has 0 saturated carbocycles. The van der Waals surface area contributed by atoms with Gasteiger partial charge in [0.25, 0.3) is 0 Å². The third-order valence-electron chi connectivity index (χ3n) is 2.92. The van der Waals surface area contributed by atoms with E-state index in [0.717, 1.165) is 24.9 Å². The summed E-state index contributed by atoms with van der Waals surface area (Å²) >= 11 is 5.76. The monoisotopic (exact) mass is 273 g/mol. The number of hydrogen-bond acceptors (Lipinski definition) is 3. The third-order valence-corrected chi connectivity index (χ3v) is 4.85. The number of benzene rings is 1. The van der Waals surface area contributed by atoms with Gasteiger partial charge in [0, 0.05) is 11.1 Å². The molecule has 0 bridgehead atoms. The van der Waals surface area contributed by atoms with Crippen LogP contribution in [0.1, 0.15) is 18.4 Å². The maximum absolute atomic E-state index is 12.0. The summed E-state index contributed by atoms with van der Waals surface area (Å²) in [5, 5.41) is 3.84. The highest BCUT2D eigenvalue weighted by Crippen LogP contribution is 2.14. The van der Waals surface area contributed by atoms with Crippen molar-refractivity contribution in [3.8, 4) is 0 Å². The second-order valence-corrected chi connectivity index (χ2v) is 7.02. The molecule has 0 aromatic heterocycles. The van der Waals surface area contributed by atoms with Crippen molar-refractivity contribution in [2.45, 2.75) is 24.6 Å². The molecule has 1 heterocycles. The van der Waals surface area contributed by atoms with E-state index in [9.17, 15) is 8.42 Å². The highest BCUT2D eigenvalue weighted by atomic mass is 35.5. The minimum atomic E-state index is -3.04. The molecular weight excluding hydrogens is 258 g/mol. The van der Waals surface area contributed by atoms with E-state index in [4.69, 9.17) is 11.6 Å². The Morgan fingerprint density at radius 2 is 2.00 bits per heavy atom. The Labute approximate surface area is 107 Å². The molecule has 1 N–H and O–H groups in total.